The van der Waals surface area contributed by atoms with Crippen molar-refractivity contribution in [3.05, 3.63) is 64.1 Å². The summed E-state index contributed by atoms with van der Waals surface area (Å²) in [6.07, 6.45) is 7.48. The van der Waals surface area contributed by atoms with Crippen LogP contribution in [0, 0.1) is 0 Å². The highest BCUT2D eigenvalue weighted by Gasteiger charge is 2.19. The largest absolute Gasteiger partial charge is 0.368 e. The van der Waals surface area contributed by atoms with E-state index in [-0.39, 0.29) is 0 Å². The van der Waals surface area contributed by atoms with Gasteiger partial charge in [-0.25, -0.2) is 0 Å². The van der Waals surface area contributed by atoms with Gasteiger partial charge in [0.15, 0.2) is 0 Å². The predicted octanol–water partition coefficient (Wildman–Crippen LogP) is 6.84. The van der Waals surface area contributed by atoms with Crippen LogP contribution in [0.15, 0.2) is 64.1 Å². The molecule has 2 aromatic carbocycles. The smallest absolute Gasteiger partial charge is 0.0446 e. The summed E-state index contributed by atoms with van der Waals surface area (Å²) < 4.78 is 0. The third-order valence-electron chi connectivity index (χ3n) is 6.79. The van der Waals surface area contributed by atoms with Crippen LogP contribution in [0.3, 0.4) is 0 Å². The summed E-state index contributed by atoms with van der Waals surface area (Å²) in [5, 5.41) is 2.72. The number of nitrogens with zero attached hydrogens (tertiary/aromatic N) is 2. The van der Waals surface area contributed by atoms with E-state index in [9.17, 15) is 0 Å². The normalized spacial score (nSPS) is 18.2. The zero-order chi connectivity index (χ0) is 20.9. The Morgan fingerprint density at radius 1 is 0.900 bits per heavy atom. The van der Waals surface area contributed by atoms with Crippen LogP contribution >= 0.6 is 12.6 Å². The summed E-state index contributed by atoms with van der Waals surface area (Å²) in [4.78, 5) is 6.57. The molecule has 1 heterocycles. The average molecular weight is 421 g/mol. The van der Waals surface area contributed by atoms with Crippen LogP contribution in [0.2, 0.25) is 0 Å². The summed E-state index contributed by atoms with van der Waals surface area (Å²) in [6, 6.07) is 15.5. The molecule has 2 nitrogen and oxygen atoms in total. The maximum atomic E-state index is 4.81. The van der Waals surface area contributed by atoms with Gasteiger partial charge in [0.05, 0.1) is 0 Å². The van der Waals surface area contributed by atoms with Crippen LogP contribution in [0.1, 0.15) is 52.4 Å². The van der Waals surface area contributed by atoms with E-state index in [1.807, 2.05) is 0 Å². The summed E-state index contributed by atoms with van der Waals surface area (Å²) in [6.45, 7) is 10.3. The minimum Gasteiger partial charge on any atom is -0.368 e. The van der Waals surface area contributed by atoms with Gasteiger partial charge in [-0.3, -0.25) is 4.90 Å². The molecule has 0 amide bonds. The lowest BCUT2D eigenvalue weighted by Gasteiger charge is -2.36. The number of hydrogen-bond donors (Lipinski definition) is 1. The maximum absolute atomic E-state index is 4.81. The van der Waals surface area contributed by atoms with Gasteiger partial charge in [0, 0.05) is 37.3 Å². The standard InChI is InChI=1S/C27H36N2S/c1-21(2)23(25-12-5-6-15-27(25)30)13-8-16-28-17-19-29(20-18-28)26-14-7-10-22-9-3-4-11-24(22)26/h3-4,7,9-11,14,30H,5-6,8,12-13,15-20H2,1-2H3. The van der Waals surface area contributed by atoms with E-state index < -0.39 is 0 Å². The van der Waals surface area contributed by atoms with Crippen LogP contribution in [0.4, 0.5) is 5.69 Å². The number of benzene rings is 2. The first kappa shape index (κ1) is 21.5. The summed E-state index contributed by atoms with van der Waals surface area (Å²) >= 11 is 4.81. The Bertz CT molecular complexity index is 926. The first-order valence-corrected chi connectivity index (χ1v) is 12.1. The molecule has 0 N–H and O–H groups in total. The van der Waals surface area contributed by atoms with Gasteiger partial charge in [0.2, 0.25) is 0 Å². The van der Waals surface area contributed by atoms with Crippen LogP contribution in [0.25, 0.3) is 10.8 Å². The van der Waals surface area contributed by atoms with Crippen LogP contribution < -0.4 is 4.90 Å². The number of anilines is 1. The molecule has 30 heavy (non-hydrogen) atoms. The molecule has 0 unspecified atom stereocenters. The summed E-state index contributed by atoms with van der Waals surface area (Å²) in [7, 11) is 0. The number of hydrogen-bond acceptors (Lipinski definition) is 3. The molecule has 2 aromatic rings. The van der Waals surface area contributed by atoms with Crippen molar-refractivity contribution in [2.24, 2.45) is 0 Å². The fourth-order valence-corrected chi connectivity index (χ4v) is 5.50. The van der Waals surface area contributed by atoms with Crippen molar-refractivity contribution < 1.29 is 0 Å². The van der Waals surface area contributed by atoms with Gasteiger partial charge in [-0.15, -0.1) is 12.6 Å². The molecule has 3 heteroatoms. The molecule has 1 fully saturated rings. The molecular formula is C27H36N2S. The SMILES string of the molecule is CC(C)=C(CCCN1CCN(c2cccc3ccccc23)CC1)C1=C(S)CCCC1. The van der Waals surface area contributed by atoms with Crippen molar-refractivity contribution in [1.82, 2.24) is 4.90 Å². The number of thiol groups is 1. The minimum absolute atomic E-state index is 1.12. The van der Waals surface area contributed by atoms with Crippen molar-refractivity contribution in [2.45, 2.75) is 52.4 Å². The van der Waals surface area contributed by atoms with Gasteiger partial charge in [-0.2, -0.15) is 0 Å². The lowest BCUT2D eigenvalue weighted by Crippen LogP contribution is -2.46. The van der Waals surface area contributed by atoms with Crippen molar-refractivity contribution in [2.75, 3.05) is 37.6 Å². The van der Waals surface area contributed by atoms with Crippen LogP contribution in [-0.2, 0) is 0 Å². The third-order valence-corrected chi connectivity index (χ3v) is 7.28. The molecule has 0 atom stereocenters. The second-order valence-corrected chi connectivity index (χ2v) is 9.58. The Morgan fingerprint density at radius 3 is 2.40 bits per heavy atom. The predicted molar refractivity (Wildman–Crippen MR) is 135 cm³/mol. The highest BCUT2D eigenvalue weighted by Crippen LogP contribution is 2.35. The molecule has 160 valence electrons. The van der Waals surface area contributed by atoms with Gasteiger partial charge in [0.1, 0.15) is 0 Å². The van der Waals surface area contributed by atoms with Crippen molar-refractivity contribution in [1.29, 1.82) is 0 Å². The lowest BCUT2D eigenvalue weighted by molar-refractivity contribution is 0.255. The van der Waals surface area contributed by atoms with E-state index in [1.54, 1.807) is 11.1 Å². The van der Waals surface area contributed by atoms with E-state index in [0.717, 1.165) is 26.2 Å². The maximum Gasteiger partial charge on any atom is 0.0446 e. The van der Waals surface area contributed by atoms with Crippen molar-refractivity contribution in [3.63, 3.8) is 0 Å². The monoisotopic (exact) mass is 420 g/mol. The Kier molecular flexibility index (Phi) is 7.22. The van der Waals surface area contributed by atoms with Gasteiger partial charge in [-0.1, -0.05) is 42.0 Å². The first-order valence-electron chi connectivity index (χ1n) is 11.7. The molecular weight excluding hydrogens is 384 g/mol. The number of piperazine rings is 1. The topological polar surface area (TPSA) is 6.48 Å². The Morgan fingerprint density at radius 2 is 1.63 bits per heavy atom. The molecule has 1 aliphatic carbocycles. The molecule has 1 saturated heterocycles. The second kappa shape index (κ2) is 10.1. The number of fused-ring (bicyclic) bond motifs is 1. The highest BCUT2D eigenvalue weighted by atomic mass is 32.1. The molecule has 2 aliphatic rings. The van der Waals surface area contributed by atoms with Gasteiger partial charge in [-0.05, 0) is 86.4 Å². The molecule has 0 bridgehead atoms. The molecule has 0 aromatic heterocycles. The van der Waals surface area contributed by atoms with E-state index in [4.69, 9.17) is 12.6 Å². The fraction of sp³-hybridized carbons (Fsp3) is 0.481. The van der Waals surface area contributed by atoms with E-state index in [0.29, 0.717) is 0 Å². The van der Waals surface area contributed by atoms with Crippen molar-refractivity contribution >= 4 is 29.1 Å². The fourth-order valence-electron chi connectivity index (χ4n) is 5.09. The zero-order valence-corrected chi connectivity index (χ0v) is 19.6. The van der Waals surface area contributed by atoms with E-state index >= 15 is 0 Å². The lowest BCUT2D eigenvalue weighted by atomic mass is 9.88. The molecule has 0 saturated carbocycles. The van der Waals surface area contributed by atoms with Gasteiger partial charge >= 0.3 is 0 Å². The highest BCUT2D eigenvalue weighted by molar-refractivity contribution is 7.84. The zero-order valence-electron chi connectivity index (χ0n) is 18.7. The van der Waals surface area contributed by atoms with Gasteiger partial charge < -0.3 is 4.90 Å². The van der Waals surface area contributed by atoms with Crippen LogP contribution in [-0.4, -0.2) is 37.6 Å². The Balaban J connectivity index is 1.31. The molecule has 1 aliphatic heterocycles. The molecule has 0 radical (unpaired) electrons. The average Bonchev–Trinajstić information content (AvgIpc) is 2.77. The minimum atomic E-state index is 1.12. The van der Waals surface area contributed by atoms with Gasteiger partial charge in [0.25, 0.3) is 0 Å². The Labute approximate surface area is 188 Å². The Hall–Kier alpha value is -1.71. The van der Waals surface area contributed by atoms with E-state index in [2.05, 4.69) is 66.1 Å². The second-order valence-electron chi connectivity index (χ2n) is 9.04. The molecule has 0 spiro atoms. The molecule has 4 rings (SSSR count). The van der Waals surface area contributed by atoms with Crippen LogP contribution in [0.5, 0.6) is 0 Å². The third kappa shape index (κ3) is 4.95. The summed E-state index contributed by atoms with van der Waals surface area (Å²) in [5.74, 6) is 0. The number of rotatable bonds is 6. The first-order chi connectivity index (χ1) is 14.6. The van der Waals surface area contributed by atoms with E-state index in [1.165, 1.54) is 72.0 Å². The number of allylic oxidation sites excluding steroid dienone is 4. The quantitative estimate of drug-likeness (QED) is 0.511. The van der Waals surface area contributed by atoms with Crippen molar-refractivity contribution in [3.8, 4) is 0 Å². The summed E-state index contributed by atoms with van der Waals surface area (Å²) in [5.41, 5.74) is 6.03.